The highest BCUT2D eigenvalue weighted by Gasteiger charge is 2.28. The lowest BCUT2D eigenvalue weighted by Crippen LogP contribution is -2.41. The molecule has 1 rings (SSSR count). The van der Waals surface area contributed by atoms with Gasteiger partial charge in [0.05, 0.1) is 18.0 Å². The highest BCUT2D eigenvalue weighted by atomic mass is 32.1. The van der Waals surface area contributed by atoms with Crippen molar-refractivity contribution in [2.75, 3.05) is 14.2 Å². The topological polar surface area (TPSA) is 55.6 Å². The highest BCUT2D eigenvalue weighted by molar-refractivity contribution is 7.80. The first kappa shape index (κ1) is 16.4. The molecule has 1 aromatic rings. The van der Waals surface area contributed by atoms with Crippen molar-refractivity contribution in [1.82, 2.24) is 4.90 Å². The molecule has 0 saturated heterocycles. The second kappa shape index (κ2) is 7.24. The van der Waals surface area contributed by atoms with E-state index in [4.69, 9.17) is 22.7 Å². The molecule has 0 aliphatic rings. The standard InChI is InChI=1S/C15H22N2O2S/c1-10(2)13(14(16)20)15(18)17(3)9-11-7-5-6-8-12(11)19-4/h5-8,10,13H,9H2,1-4H3,(H2,16,20). The molecule has 1 aromatic carbocycles. The number of para-hydroxylation sites is 1. The SMILES string of the molecule is COc1ccccc1CN(C)C(=O)C(C(N)=S)C(C)C. The number of carbonyl (C=O) groups excluding carboxylic acids is 1. The molecule has 0 radical (unpaired) electrons. The van der Waals surface area contributed by atoms with Gasteiger partial charge >= 0.3 is 0 Å². The number of thiocarbonyl (C=S) groups is 1. The van der Waals surface area contributed by atoms with Crippen molar-refractivity contribution in [2.24, 2.45) is 17.6 Å². The van der Waals surface area contributed by atoms with Crippen molar-refractivity contribution < 1.29 is 9.53 Å². The van der Waals surface area contributed by atoms with Crippen LogP contribution < -0.4 is 10.5 Å². The third-order valence-corrected chi connectivity index (χ3v) is 3.47. The zero-order valence-electron chi connectivity index (χ0n) is 12.4. The van der Waals surface area contributed by atoms with Crippen molar-refractivity contribution in [2.45, 2.75) is 20.4 Å². The third-order valence-electron chi connectivity index (χ3n) is 3.22. The zero-order valence-corrected chi connectivity index (χ0v) is 13.2. The van der Waals surface area contributed by atoms with Crippen LogP contribution in [0, 0.1) is 11.8 Å². The van der Waals surface area contributed by atoms with Gasteiger partial charge < -0.3 is 15.4 Å². The highest BCUT2D eigenvalue weighted by Crippen LogP contribution is 2.21. The van der Waals surface area contributed by atoms with Crippen molar-refractivity contribution in [3.8, 4) is 5.75 Å². The number of hydrogen-bond acceptors (Lipinski definition) is 3. The lowest BCUT2D eigenvalue weighted by Gasteiger charge is -2.26. The molecule has 0 aliphatic heterocycles. The molecule has 0 aliphatic carbocycles. The molecular formula is C15H22N2O2S. The van der Waals surface area contributed by atoms with Gasteiger partial charge in [0.2, 0.25) is 5.91 Å². The van der Waals surface area contributed by atoms with Gasteiger partial charge in [-0.3, -0.25) is 4.79 Å². The maximum absolute atomic E-state index is 12.4. The molecule has 110 valence electrons. The Morgan fingerprint density at radius 1 is 1.40 bits per heavy atom. The molecule has 0 bridgehead atoms. The van der Waals surface area contributed by atoms with Gasteiger partial charge in [0.1, 0.15) is 5.75 Å². The number of methoxy groups -OCH3 is 1. The largest absolute Gasteiger partial charge is 0.496 e. The lowest BCUT2D eigenvalue weighted by molar-refractivity contribution is -0.133. The molecule has 2 N–H and O–H groups in total. The Labute approximate surface area is 125 Å². The molecular weight excluding hydrogens is 272 g/mol. The van der Waals surface area contributed by atoms with E-state index in [2.05, 4.69) is 0 Å². The van der Waals surface area contributed by atoms with Crippen LogP contribution in [0.3, 0.4) is 0 Å². The normalized spacial score (nSPS) is 12.1. The average molecular weight is 294 g/mol. The minimum Gasteiger partial charge on any atom is -0.496 e. The van der Waals surface area contributed by atoms with Crippen molar-refractivity contribution >= 4 is 23.1 Å². The summed E-state index contributed by atoms with van der Waals surface area (Å²) in [5.41, 5.74) is 6.64. The summed E-state index contributed by atoms with van der Waals surface area (Å²) in [4.78, 5) is 14.3. The second-order valence-electron chi connectivity index (χ2n) is 5.13. The Hall–Kier alpha value is -1.62. The first-order valence-electron chi connectivity index (χ1n) is 6.54. The Bertz CT molecular complexity index is 489. The molecule has 20 heavy (non-hydrogen) atoms. The van der Waals surface area contributed by atoms with E-state index in [1.807, 2.05) is 38.1 Å². The van der Waals surface area contributed by atoms with Crippen LogP contribution in [0.5, 0.6) is 5.75 Å². The van der Waals surface area contributed by atoms with Gasteiger partial charge in [-0.1, -0.05) is 44.3 Å². The predicted molar refractivity (Wildman–Crippen MR) is 84.6 cm³/mol. The summed E-state index contributed by atoms with van der Waals surface area (Å²) in [7, 11) is 3.37. The summed E-state index contributed by atoms with van der Waals surface area (Å²) in [6.07, 6.45) is 0. The van der Waals surface area contributed by atoms with E-state index in [1.165, 1.54) is 0 Å². The average Bonchev–Trinajstić information content (AvgIpc) is 2.38. The molecule has 0 saturated carbocycles. The smallest absolute Gasteiger partial charge is 0.232 e. The summed E-state index contributed by atoms with van der Waals surface area (Å²) >= 11 is 5.01. The van der Waals surface area contributed by atoms with Crippen LogP contribution in [0.1, 0.15) is 19.4 Å². The van der Waals surface area contributed by atoms with E-state index in [9.17, 15) is 4.79 Å². The van der Waals surface area contributed by atoms with Crippen LogP contribution in [0.4, 0.5) is 0 Å². The van der Waals surface area contributed by atoms with Crippen LogP contribution in [-0.2, 0) is 11.3 Å². The monoisotopic (exact) mass is 294 g/mol. The van der Waals surface area contributed by atoms with Crippen molar-refractivity contribution in [3.63, 3.8) is 0 Å². The van der Waals surface area contributed by atoms with Crippen LogP contribution in [0.2, 0.25) is 0 Å². The summed E-state index contributed by atoms with van der Waals surface area (Å²) < 4.78 is 5.29. The minimum atomic E-state index is -0.426. The summed E-state index contributed by atoms with van der Waals surface area (Å²) in [5.74, 6) is 0.367. The number of amides is 1. The maximum atomic E-state index is 12.4. The fourth-order valence-corrected chi connectivity index (χ4v) is 2.51. The molecule has 0 aromatic heterocycles. The number of rotatable bonds is 6. The van der Waals surface area contributed by atoms with Crippen LogP contribution in [0.15, 0.2) is 24.3 Å². The maximum Gasteiger partial charge on any atom is 0.232 e. The zero-order chi connectivity index (χ0) is 15.3. The number of ether oxygens (including phenoxy) is 1. The molecule has 0 spiro atoms. The van der Waals surface area contributed by atoms with E-state index in [0.717, 1.165) is 11.3 Å². The van der Waals surface area contributed by atoms with E-state index in [1.54, 1.807) is 19.1 Å². The van der Waals surface area contributed by atoms with Crippen LogP contribution in [0.25, 0.3) is 0 Å². The van der Waals surface area contributed by atoms with E-state index >= 15 is 0 Å². The van der Waals surface area contributed by atoms with Crippen molar-refractivity contribution in [1.29, 1.82) is 0 Å². The Kier molecular flexibility index (Phi) is 5.95. The minimum absolute atomic E-state index is 0.0570. The van der Waals surface area contributed by atoms with Crippen LogP contribution >= 0.6 is 12.2 Å². The van der Waals surface area contributed by atoms with Crippen LogP contribution in [-0.4, -0.2) is 30.0 Å². The molecule has 1 amide bonds. The molecule has 1 atom stereocenters. The van der Waals surface area contributed by atoms with E-state index in [-0.39, 0.29) is 16.8 Å². The van der Waals surface area contributed by atoms with Crippen molar-refractivity contribution in [3.05, 3.63) is 29.8 Å². The number of benzene rings is 1. The first-order chi connectivity index (χ1) is 9.38. The quantitative estimate of drug-likeness (QED) is 0.817. The van der Waals surface area contributed by atoms with Gasteiger partial charge in [-0.05, 0) is 12.0 Å². The molecule has 0 heterocycles. The van der Waals surface area contributed by atoms with Gasteiger partial charge in [0, 0.05) is 19.2 Å². The van der Waals surface area contributed by atoms with E-state index < -0.39 is 5.92 Å². The third kappa shape index (κ3) is 3.93. The number of hydrogen-bond donors (Lipinski definition) is 1. The van der Waals surface area contributed by atoms with Gasteiger partial charge in [0.25, 0.3) is 0 Å². The Morgan fingerprint density at radius 3 is 2.50 bits per heavy atom. The van der Waals surface area contributed by atoms with Gasteiger partial charge in [-0.2, -0.15) is 0 Å². The summed E-state index contributed by atoms with van der Waals surface area (Å²) in [6.45, 7) is 4.35. The molecule has 4 nitrogen and oxygen atoms in total. The fourth-order valence-electron chi connectivity index (χ4n) is 2.14. The van der Waals surface area contributed by atoms with Gasteiger partial charge in [0.15, 0.2) is 0 Å². The Morgan fingerprint density at radius 2 is 2.00 bits per heavy atom. The summed E-state index contributed by atoms with van der Waals surface area (Å²) in [6, 6.07) is 7.63. The Balaban J connectivity index is 2.87. The number of nitrogens with zero attached hydrogens (tertiary/aromatic N) is 1. The molecule has 1 unspecified atom stereocenters. The fraction of sp³-hybridized carbons (Fsp3) is 0.467. The first-order valence-corrected chi connectivity index (χ1v) is 6.95. The second-order valence-corrected chi connectivity index (χ2v) is 5.60. The molecule has 0 fully saturated rings. The summed E-state index contributed by atoms with van der Waals surface area (Å²) in [5, 5.41) is 0. The lowest BCUT2D eigenvalue weighted by atomic mass is 9.94. The number of carbonyl (C=O) groups is 1. The molecule has 5 heteroatoms. The number of nitrogens with two attached hydrogens (primary N) is 1. The van der Waals surface area contributed by atoms with E-state index in [0.29, 0.717) is 6.54 Å². The van der Waals surface area contributed by atoms with Gasteiger partial charge in [-0.25, -0.2) is 0 Å². The predicted octanol–water partition coefficient (Wildman–Crippen LogP) is 2.21. The van der Waals surface area contributed by atoms with Gasteiger partial charge in [-0.15, -0.1) is 0 Å².